The third-order valence-electron chi connectivity index (χ3n) is 5.21. The van der Waals surface area contributed by atoms with E-state index >= 15 is 0 Å². The molecule has 0 aliphatic carbocycles. The van der Waals surface area contributed by atoms with Gasteiger partial charge in [-0.15, -0.1) is 0 Å². The molecular weight excluding hydrogens is 459 g/mol. The molecule has 0 bridgehead atoms. The van der Waals surface area contributed by atoms with Crippen molar-refractivity contribution in [1.82, 2.24) is 19.7 Å². The molecule has 0 saturated carbocycles. The minimum Gasteiger partial charge on any atom is -0.480 e. The summed E-state index contributed by atoms with van der Waals surface area (Å²) in [6, 6.07) is 7.87. The Morgan fingerprint density at radius 1 is 1.30 bits per heavy atom. The lowest BCUT2D eigenvalue weighted by atomic mass is 10.1. The van der Waals surface area contributed by atoms with E-state index in [4.69, 9.17) is 16.3 Å². The summed E-state index contributed by atoms with van der Waals surface area (Å²) in [6.07, 6.45) is -3.36. The molecule has 0 spiro atoms. The predicted molar refractivity (Wildman–Crippen MR) is 112 cm³/mol. The van der Waals surface area contributed by atoms with E-state index in [1.807, 2.05) is 19.1 Å². The zero-order chi connectivity index (χ0) is 23.9. The van der Waals surface area contributed by atoms with Gasteiger partial charge in [-0.25, -0.2) is 4.68 Å². The third kappa shape index (κ3) is 4.36. The Hall–Kier alpha value is -3.58. The lowest BCUT2D eigenvalue weighted by molar-refractivity contribution is -0.189. The van der Waals surface area contributed by atoms with Gasteiger partial charge in [-0.1, -0.05) is 11.6 Å². The van der Waals surface area contributed by atoms with Crippen LogP contribution in [0.15, 0.2) is 36.7 Å². The van der Waals surface area contributed by atoms with Crippen molar-refractivity contribution in [2.45, 2.75) is 39.2 Å². The van der Waals surface area contributed by atoms with E-state index in [1.54, 1.807) is 23.1 Å². The van der Waals surface area contributed by atoms with Gasteiger partial charge in [0.25, 0.3) is 5.91 Å². The number of carbonyl (C=O) groups excluding carboxylic acids is 1. The Bertz CT molecular complexity index is 1260. The van der Waals surface area contributed by atoms with E-state index in [2.05, 4.69) is 10.1 Å². The maximum atomic E-state index is 13.3. The largest absolute Gasteiger partial charge is 0.480 e. The quantitative estimate of drug-likeness (QED) is 0.551. The lowest BCUT2D eigenvalue weighted by Gasteiger charge is -2.23. The molecule has 0 radical (unpaired) electrons. The summed E-state index contributed by atoms with van der Waals surface area (Å²) >= 11 is 6.23. The average molecular weight is 476 g/mol. The van der Waals surface area contributed by atoms with E-state index in [0.717, 1.165) is 29.9 Å². The predicted octanol–water partition coefficient (Wildman–Crippen LogP) is 4.59. The molecule has 3 heterocycles. The lowest BCUT2D eigenvalue weighted by Crippen LogP contribution is -2.33. The Labute approximate surface area is 192 Å². The fraction of sp³-hybridized carbons (Fsp3) is 0.273. The summed E-state index contributed by atoms with van der Waals surface area (Å²) in [5.74, 6) is -0.985. The second-order valence-electron chi connectivity index (χ2n) is 7.58. The van der Waals surface area contributed by atoms with Crippen LogP contribution in [0.1, 0.15) is 39.8 Å². The van der Waals surface area contributed by atoms with Crippen molar-refractivity contribution in [3.05, 3.63) is 69.8 Å². The molecule has 170 valence electrons. The van der Waals surface area contributed by atoms with Crippen molar-refractivity contribution in [3.8, 4) is 17.5 Å². The zero-order valence-corrected chi connectivity index (χ0v) is 18.3. The van der Waals surface area contributed by atoms with Crippen molar-refractivity contribution in [2.75, 3.05) is 0 Å². The van der Waals surface area contributed by atoms with Crippen molar-refractivity contribution >= 4 is 17.5 Å². The summed E-state index contributed by atoms with van der Waals surface area (Å²) in [6.45, 7) is 3.00. The third-order valence-corrected chi connectivity index (χ3v) is 5.61. The van der Waals surface area contributed by atoms with Crippen LogP contribution < -0.4 is 4.74 Å². The highest BCUT2D eigenvalue weighted by Gasteiger charge is 2.39. The van der Waals surface area contributed by atoms with E-state index in [-0.39, 0.29) is 35.0 Å². The van der Waals surface area contributed by atoms with Gasteiger partial charge >= 0.3 is 6.18 Å². The van der Waals surface area contributed by atoms with Gasteiger partial charge < -0.3 is 9.64 Å². The van der Waals surface area contributed by atoms with Crippen molar-refractivity contribution in [3.63, 3.8) is 0 Å². The molecule has 11 heteroatoms. The maximum Gasteiger partial charge on any atom is 0.425 e. The normalized spacial score (nSPS) is 14.0. The monoisotopic (exact) mass is 475 g/mol. The van der Waals surface area contributed by atoms with Gasteiger partial charge in [-0.3, -0.25) is 9.78 Å². The molecule has 7 nitrogen and oxygen atoms in total. The number of hydrogen-bond acceptors (Lipinski definition) is 5. The SMILES string of the molecule is Cc1cc(-n2cc3c(n2)CN(C(=O)c2c(O[C@H](C)C(F)(F)F)ccc(C#N)c2Cl)C3)ccn1. The molecule has 2 aromatic heterocycles. The molecule has 0 unspecified atom stereocenters. The zero-order valence-electron chi connectivity index (χ0n) is 17.5. The number of nitrogens with zero attached hydrogens (tertiary/aromatic N) is 5. The number of benzene rings is 1. The number of ether oxygens (including phenoxy) is 1. The molecule has 4 rings (SSSR count). The molecule has 0 N–H and O–H groups in total. The van der Waals surface area contributed by atoms with Crippen LogP contribution in [0, 0.1) is 18.3 Å². The Kier molecular flexibility index (Phi) is 5.76. The van der Waals surface area contributed by atoms with Crippen molar-refractivity contribution in [1.29, 1.82) is 5.26 Å². The minimum absolute atomic E-state index is 0.0396. The fourth-order valence-corrected chi connectivity index (χ4v) is 3.74. The van der Waals surface area contributed by atoms with Gasteiger partial charge in [-0.2, -0.15) is 23.5 Å². The standard InChI is InChI=1S/C22H17ClF3N5O2/c1-12-7-16(5-6-28-12)31-10-15-9-30(11-17(15)29-31)21(32)19-18(33-13(2)22(24,25)26)4-3-14(8-27)20(19)23/h3-7,10,13H,9,11H2,1-2H3/t13-/m1/s1. The molecule has 1 atom stereocenters. The van der Waals surface area contributed by atoms with Crippen LogP contribution in [0.5, 0.6) is 5.75 Å². The van der Waals surface area contributed by atoms with Crippen LogP contribution in [-0.4, -0.2) is 37.9 Å². The maximum absolute atomic E-state index is 13.3. The molecular formula is C22H17ClF3N5O2. The van der Waals surface area contributed by atoms with Crippen LogP contribution in [0.3, 0.4) is 0 Å². The first-order valence-electron chi connectivity index (χ1n) is 9.84. The summed E-state index contributed by atoms with van der Waals surface area (Å²) in [5, 5.41) is 13.5. The molecule has 1 aliphatic heterocycles. The van der Waals surface area contributed by atoms with E-state index in [1.165, 1.54) is 11.0 Å². The van der Waals surface area contributed by atoms with Crippen LogP contribution in [0.4, 0.5) is 13.2 Å². The van der Waals surface area contributed by atoms with Crippen molar-refractivity contribution < 1.29 is 22.7 Å². The van der Waals surface area contributed by atoms with Gasteiger partial charge in [-0.05, 0) is 38.1 Å². The molecule has 0 saturated heterocycles. The minimum atomic E-state index is -4.64. The number of carbonyl (C=O) groups is 1. The number of amides is 1. The Morgan fingerprint density at radius 3 is 2.70 bits per heavy atom. The first-order chi connectivity index (χ1) is 15.6. The molecule has 33 heavy (non-hydrogen) atoms. The Balaban J connectivity index is 1.62. The van der Waals surface area contributed by atoms with Crippen LogP contribution >= 0.6 is 11.6 Å². The molecule has 0 fully saturated rings. The first kappa shape index (κ1) is 22.6. The number of fused-ring (bicyclic) bond motifs is 1. The van der Waals surface area contributed by atoms with E-state index in [9.17, 15) is 23.2 Å². The summed E-state index contributed by atoms with van der Waals surface area (Å²) < 4.78 is 45.8. The van der Waals surface area contributed by atoms with Gasteiger partial charge in [0.05, 0.1) is 28.5 Å². The van der Waals surface area contributed by atoms with Gasteiger partial charge in [0.1, 0.15) is 17.4 Å². The van der Waals surface area contributed by atoms with Gasteiger partial charge in [0.15, 0.2) is 6.10 Å². The smallest absolute Gasteiger partial charge is 0.425 e. The number of pyridine rings is 1. The number of aromatic nitrogens is 3. The second-order valence-corrected chi connectivity index (χ2v) is 7.95. The molecule has 1 amide bonds. The number of nitriles is 1. The average Bonchev–Trinajstić information content (AvgIpc) is 3.32. The topological polar surface area (TPSA) is 84.0 Å². The number of aryl methyl sites for hydroxylation is 1. The summed E-state index contributed by atoms with van der Waals surface area (Å²) in [7, 11) is 0. The fourth-order valence-electron chi connectivity index (χ4n) is 3.46. The molecule has 3 aromatic rings. The van der Waals surface area contributed by atoms with Crippen LogP contribution in [0.25, 0.3) is 5.69 Å². The van der Waals surface area contributed by atoms with E-state index < -0.39 is 18.2 Å². The van der Waals surface area contributed by atoms with Gasteiger partial charge in [0, 0.05) is 30.2 Å². The number of halogens is 4. The number of hydrogen-bond donors (Lipinski definition) is 0. The van der Waals surface area contributed by atoms with Crippen molar-refractivity contribution in [2.24, 2.45) is 0 Å². The van der Waals surface area contributed by atoms with Gasteiger partial charge in [0.2, 0.25) is 0 Å². The Morgan fingerprint density at radius 2 is 2.06 bits per heavy atom. The van der Waals surface area contributed by atoms with Crippen LogP contribution in [-0.2, 0) is 13.1 Å². The number of alkyl halides is 3. The highest BCUT2D eigenvalue weighted by Crippen LogP contribution is 2.36. The highest BCUT2D eigenvalue weighted by molar-refractivity contribution is 6.35. The highest BCUT2D eigenvalue weighted by atomic mass is 35.5. The number of rotatable bonds is 4. The second kappa shape index (κ2) is 8.41. The van der Waals surface area contributed by atoms with E-state index in [0.29, 0.717) is 5.69 Å². The molecule has 1 aromatic carbocycles. The summed E-state index contributed by atoms with van der Waals surface area (Å²) in [4.78, 5) is 18.8. The summed E-state index contributed by atoms with van der Waals surface area (Å²) in [5.41, 5.74) is 2.76. The molecule has 1 aliphatic rings. The first-order valence-corrected chi connectivity index (χ1v) is 10.2. The van der Waals surface area contributed by atoms with Crippen LogP contribution in [0.2, 0.25) is 5.02 Å².